The predicted octanol–water partition coefficient (Wildman–Crippen LogP) is 23.9. The molecule has 0 bridgehead atoms. The zero-order chi connectivity index (χ0) is 75.2. The summed E-state index contributed by atoms with van der Waals surface area (Å²) in [6, 6.07) is 56.2. The molecule has 12 aromatic rings. The molecule has 0 N–H and O–H groups in total. The van der Waals surface area contributed by atoms with Gasteiger partial charge in [0.2, 0.25) is 0 Å². The number of hydrogen-bond acceptors (Lipinski definition) is 5. The molecule has 0 atom stereocenters. The van der Waals surface area contributed by atoms with E-state index < -0.39 is 52.5 Å². The maximum absolute atomic E-state index is 12.6. The lowest BCUT2D eigenvalue weighted by Gasteiger charge is -2.05. The minimum atomic E-state index is -4.22. The van der Waals surface area contributed by atoms with Crippen LogP contribution in [0.3, 0.4) is 0 Å². The topological polar surface area (TPSA) is 64.5 Å². The summed E-state index contributed by atoms with van der Waals surface area (Å²) < 4.78 is 159. The van der Waals surface area contributed by atoms with Crippen LogP contribution in [0.5, 0.6) is 0 Å². The number of aromatic nitrogens is 5. The van der Waals surface area contributed by atoms with Gasteiger partial charge >= 0.3 is 6.18 Å². The highest BCUT2D eigenvalue weighted by atomic mass is 19.4. The summed E-state index contributed by atoms with van der Waals surface area (Å²) in [5.74, 6) is -4.77. The molecule has 4 heterocycles. The minimum absolute atomic E-state index is 0.116. The molecule has 0 spiro atoms. The van der Waals surface area contributed by atoms with E-state index in [9.17, 15) is 57.1 Å². The molecule has 0 saturated carbocycles. The van der Waals surface area contributed by atoms with Gasteiger partial charge in [0, 0.05) is 72.8 Å². The van der Waals surface area contributed by atoms with Crippen molar-refractivity contribution in [2.24, 2.45) is 0 Å². The van der Waals surface area contributed by atoms with Crippen LogP contribution in [0.4, 0.5) is 57.1 Å². The van der Waals surface area contributed by atoms with Gasteiger partial charge in [-0.2, -0.15) is 13.2 Å². The van der Waals surface area contributed by atoms with Crippen molar-refractivity contribution < 1.29 is 57.1 Å². The van der Waals surface area contributed by atoms with E-state index >= 15 is 0 Å². The molecule has 0 saturated heterocycles. The number of rotatable bonds is 0. The number of hydrogen-bond donors (Lipinski definition) is 0. The minimum Gasteiger partial charge on any atom is -0.265 e. The van der Waals surface area contributed by atoms with Gasteiger partial charge in [-0.3, -0.25) is 15.0 Å². The van der Waals surface area contributed by atoms with Crippen LogP contribution in [0, 0.1) is 155 Å². The molecule has 8 aromatic carbocycles. The highest BCUT2D eigenvalue weighted by Gasteiger charge is 2.30. The molecule has 18 heteroatoms. The third kappa shape index (κ3) is 42.1. The Kier molecular flexibility index (Phi) is 42.8. The maximum atomic E-state index is 12.6. The molecular weight excluding hydrogens is 1300 g/mol. The van der Waals surface area contributed by atoms with Gasteiger partial charge in [-0.05, 0) is 221 Å². The van der Waals surface area contributed by atoms with Gasteiger partial charge in [0.1, 0.15) is 52.4 Å². The van der Waals surface area contributed by atoms with Crippen molar-refractivity contribution in [1.29, 1.82) is 0 Å². The highest BCUT2D eigenvalue weighted by Crippen LogP contribution is 2.29. The van der Waals surface area contributed by atoms with E-state index in [-0.39, 0.29) is 23.0 Å². The third-order valence-corrected chi connectivity index (χ3v) is 12.8. The van der Waals surface area contributed by atoms with E-state index in [4.69, 9.17) is 0 Å². The van der Waals surface area contributed by atoms with Crippen molar-refractivity contribution in [3.63, 3.8) is 0 Å². The summed E-state index contributed by atoms with van der Waals surface area (Å²) in [5.41, 5.74) is 10.6. The Morgan fingerprint density at radius 3 is 1.10 bits per heavy atom. The van der Waals surface area contributed by atoms with Crippen LogP contribution in [0.2, 0.25) is 0 Å². The zero-order valence-electron chi connectivity index (χ0n) is 58.4. The molecule has 4 aromatic heterocycles. The van der Waals surface area contributed by atoms with E-state index in [0.29, 0.717) is 23.3 Å². The van der Waals surface area contributed by atoms with Crippen molar-refractivity contribution >= 4 is 0 Å². The molecule has 0 aliphatic rings. The molecular formula is C82H84F13N5. The molecule has 0 aliphatic heterocycles. The summed E-state index contributed by atoms with van der Waals surface area (Å²) in [7, 11) is 0. The first-order valence-electron chi connectivity index (χ1n) is 30.8. The van der Waals surface area contributed by atoms with Crippen molar-refractivity contribution in [3.05, 3.63) is 398 Å². The van der Waals surface area contributed by atoms with Crippen LogP contribution >= 0.6 is 0 Å². The van der Waals surface area contributed by atoms with E-state index in [1.807, 2.05) is 127 Å². The largest absolute Gasteiger partial charge is 0.416 e. The third-order valence-electron chi connectivity index (χ3n) is 12.8. The molecule has 0 unspecified atom stereocenters. The number of nitrogens with zero attached hydrogens (tertiary/aromatic N) is 5. The second-order valence-electron chi connectivity index (χ2n) is 21.9. The Bertz CT molecular complexity index is 3750. The van der Waals surface area contributed by atoms with Gasteiger partial charge < -0.3 is 0 Å². The normalized spacial score (nSPS) is 9.55. The summed E-state index contributed by atoms with van der Waals surface area (Å²) >= 11 is 0. The lowest BCUT2D eigenvalue weighted by Crippen LogP contribution is -2.04. The number of halogens is 13. The first-order chi connectivity index (χ1) is 47.2. The van der Waals surface area contributed by atoms with Crippen LogP contribution in [-0.2, 0) is 6.18 Å². The SMILES string of the molecule is Cc1c(F)cc(F)cc1F.Cc1ccc(F)c(C)c1.Cc1ccc(F)c(F)c1.Cc1ccc(F)cc1.Cc1ccc(F)cc1F.Cc1cccc(C(F)(F)F)c1.Cc1cccc(F)c1C.Cc1ccccc1.Cc1ccccn1.Cc1cccnc1.Cc1ccncc1.Cc1ncccn1. The van der Waals surface area contributed by atoms with Crippen molar-refractivity contribution in [2.75, 3.05) is 0 Å². The van der Waals surface area contributed by atoms with E-state index in [0.717, 1.165) is 75.2 Å². The fourth-order valence-electron chi connectivity index (χ4n) is 6.88. The monoisotopic (exact) mass is 1390 g/mol. The van der Waals surface area contributed by atoms with Crippen molar-refractivity contribution in [1.82, 2.24) is 24.9 Å². The summed E-state index contributed by atoms with van der Waals surface area (Å²) in [4.78, 5) is 19.4. The van der Waals surface area contributed by atoms with Gasteiger partial charge in [0.15, 0.2) is 11.6 Å². The second kappa shape index (κ2) is 49.0. The predicted molar refractivity (Wildman–Crippen MR) is 377 cm³/mol. The molecule has 12 rings (SSSR count). The van der Waals surface area contributed by atoms with Crippen molar-refractivity contribution in [2.45, 2.75) is 103 Å². The van der Waals surface area contributed by atoms with E-state index in [1.165, 1.54) is 72.1 Å². The molecule has 0 aliphatic carbocycles. The molecule has 100 heavy (non-hydrogen) atoms. The van der Waals surface area contributed by atoms with Gasteiger partial charge in [0.25, 0.3) is 0 Å². The fraction of sp³-hybridized carbons (Fsp3) is 0.183. The standard InChI is InChI=1S/C8H7F3.2C8H9F.C7H5F3.2C7H6F2.C7H7F.C7H8.3C6H7N.C5H6N2/c1-6-3-2-4-7(5-6)8(9,10)11;1-6-3-4-8(9)7(2)5-6;1-6-4-3-5-8(9)7(6)2;1-4-6(9)2-5(8)3-7(4)10;1-5-2-3-6(8)4-7(5)9;1-5-2-3-6(8)7(9)4-5;1-6-2-4-7(8)5-3-6;1-7-5-3-2-4-6-7;1-6-2-4-7-5-3-6;1-6-3-2-4-7-5-6;1-6-4-2-3-5-7-6;1-5-6-3-2-4-7-5/h2-5H,1H3;2*3-5H,1-2H3;2-3H,1H3;2*2-4H,1H3;2-5H,1H3;2-6H,1H3;3*2-5H,1H3;2-4H,1H3. The van der Waals surface area contributed by atoms with Crippen LogP contribution < -0.4 is 0 Å². The van der Waals surface area contributed by atoms with E-state index in [2.05, 4.69) is 44.0 Å². The van der Waals surface area contributed by atoms with E-state index in [1.54, 1.807) is 108 Å². The summed E-state index contributed by atoms with van der Waals surface area (Å²) in [5, 5.41) is 0. The Labute approximate surface area is 580 Å². The van der Waals surface area contributed by atoms with Gasteiger partial charge in [0.05, 0.1) is 5.56 Å². The van der Waals surface area contributed by atoms with Crippen LogP contribution in [0.15, 0.2) is 256 Å². The average Bonchev–Trinajstić information content (AvgIpc) is 0.894. The lowest BCUT2D eigenvalue weighted by molar-refractivity contribution is -0.137. The quantitative estimate of drug-likeness (QED) is 0.142. The van der Waals surface area contributed by atoms with Crippen molar-refractivity contribution in [3.8, 4) is 0 Å². The zero-order valence-corrected chi connectivity index (χ0v) is 58.4. The number of aryl methyl sites for hydroxylation is 12. The Morgan fingerprint density at radius 2 is 0.740 bits per heavy atom. The van der Waals surface area contributed by atoms with Crippen LogP contribution in [-0.4, -0.2) is 24.9 Å². The number of pyridine rings is 3. The van der Waals surface area contributed by atoms with Crippen LogP contribution in [0.1, 0.15) is 83.8 Å². The lowest BCUT2D eigenvalue weighted by atomic mass is 10.1. The van der Waals surface area contributed by atoms with Crippen LogP contribution in [0.25, 0.3) is 0 Å². The fourth-order valence-corrected chi connectivity index (χ4v) is 6.88. The highest BCUT2D eigenvalue weighted by molar-refractivity contribution is 5.27. The summed E-state index contributed by atoms with van der Waals surface area (Å²) in [6.45, 7) is 25.5. The Hall–Kier alpha value is -10.6. The van der Waals surface area contributed by atoms with Gasteiger partial charge in [-0.1, -0.05) is 131 Å². The second-order valence-corrected chi connectivity index (χ2v) is 21.9. The molecule has 0 fully saturated rings. The molecule has 0 amide bonds. The average molecular weight is 1390 g/mol. The van der Waals surface area contributed by atoms with Gasteiger partial charge in [-0.25, -0.2) is 53.9 Å². The Morgan fingerprint density at radius 1 is 0.250 bits per heavy atom. The summed E-state index contributed by atoms with van der Waals surface area (Å²) in [6.07, 6.45) is 8.20. The first kappa shape index (κ1) is 87.4. The number of benzene rings is 8. The van der Waals surface area contributed by atoms with Gasteiger partial charge in [-0.15, -0.1) is 0 Å². The first-order valence-corrected chi connectivity index (χ1v) is 30.8. The molecule has 0 radical (unpaired) electrons. The smallest absolute Gasteiger partial charge is 0.265 e. The molecule has 528 valence electrons. The number of alkyl halides is 3. The molecule has 5 nitrogen and oxygen atoms in total. The maximum Gasteiger partial charge on any atom is 0.416 e. The Balaban J connectivity index is 0.000000547.